The molecular formula is C9H5Cl2FO. The maximum absolute atomic E-state index is 13.4. The van der Waals surface area contributed by atoms with E-state index in [9.17, 15) is 9.18 Å². The zero-order valence-corrected chi connectivity index (χ0v) is 8.05. The van der Waals surface area contributed by atoms with Gasteiger partial charge in [0.25, 0.3) is 0 Å². The predicted molar refractivity (Wildman–Crippen MR) is 49.1 cm³/mol. The van der Waals surface area contributed by atoms with Gasteiger partial charge in [-0.25, -0.2) is 4.39 Å². The molecule has 1 aromatic rings. The zero-order valence-electron chi connectivity index (χ0n) is 6.53. The van der Waals surface area contributed by atoms with Crippen LogP contribution in [0.2, 0.25) is 10.0 Å². The Hall–Kier alpha value is -0.600. The van der Waals surface area contributed by atoms with Crippen LogP contribution in [0.4, 0.5) is 4.39 Å². The van der Waals surface area contributed by atoms with Crippen molar-refractivity contribution in [2.45, 2.75) is 12.8 Å². The third kappa shape index (κ3) is 1.25. The van der Waals surface area contributed by atoms with Crippen LogP contribution in [0.25, 0.3) is 0 Å². The van der Waals surface area contributed by atoms with Gasteiger partial charge in [-0.2, -0.15) is 0 Å². The molecule has 0 heterocycles. The molecule has 13 heavy (non-hydrogen) atoms. The maximum atomic E-state index is 13.4. The van der Waals surface area contributed by atoms with Crippen molar-refractivity contribution in [3.63, 3.8) is 0 Å². The van der Waals surface area contributed by atoms with Crippen LogP contribution >= 0.6 is 23.2 Å². The van der Waals surface area contributed by atoms with Gasteiger partial charge in [0.05, 0.1) is 10.0 Å². The maximum Gasteiger partial charge on any atom is 0.163 e. The molecule has 0 fully saturated rings. The Morgan fingerprint density at radius 1 is 1.31 bits per heavy atom. The van der Waals surface area contributed by atoms with Gasteiger partial charge >= 0.3 is 0 Å². The molecule has 0 unspecified atom stereocenters. The van der Waals surface area contributed by atoms with Gasteiger partial charge in [0.1, 0.15) is 5.82 Å². The van der Waals surface area contributed by atoms with E-state index in [1.807, 2.05) is 0 Å². The third-order valence-electron chi connectivity index (χ3n) is 2.17. The minimum absolute atomic E-state index is 0.0625. The van der Waals surface area contributed by atoms with E-state index in [4.69, 9.17) is 23.2 Å². The van der Waals surface area contributed by atoms with E-state index in [1.165, 1.54) is 6.07 Å². The third-order valence-corrected chi connectivity index (χ3v) is 2.93. The molecule has 0 aliphatic heterocycles. The van der Waals surface area contributed by atoms with Crippen LogP contribution < -0.4 is 0 Å². The molecule has 1 aliphatic rings. The van der Waals surface area contributed by atoms with E-state index < -0.39 is 5.82 Å². The molecule has 0 saturated heterocycles. The van der Waals surface area contributed by atoms with Gasteiger partial charge < -0.3 is 0 Å². The van der Waals surface area contributed by atoms with Crippen LogP contribution in [0.15, 0.2) is 6.07 Å². The Labute approximate surface area is 84.5 Å². The Balaban J connectivity index is 2.74. The summed E-state index contributed by atoms with van der Waals surface area (Å²) >= 11 is 11.2. The number of Topliss-reactive ketones (excluding diaryl/α,β-unsaturated/α-hetero) is 1. The van der Waals surface area contributed by atoms with Crippen LogP contribution in [0.3, 0.4) is 0 Å². The lowest BCUT2D eigenvalue weighted by Crippen LogP contribution is -1.94. The second-order valence-electron chi connectivity index (χ2n) is 2.94. The van der Waals surface area contributed by atoms with Crippen molar-refractivity contribution in [1.29, 1.82) is 0 Å². The second-order valence-corrected chi connectivity index (χ2v) is 3.72. The number of carbonyl (C=O) groups is 1. The minimum Gasteiger partial charge on any atom is -0.294 e. The summed E-state index contributed by atoms with van der Waals surface area (Å²) in [5.41, 5.74) is 0.784. The molecule has 1 aromatic carbocycles. The lowest BCUT2D eigenvalue weighted by Gasteiger charge is -2.03. The van der Waals surface area contributed by atoms with E-state index in [1.54, 1.807) is 0 Å². The molecule has 1 nitrogen and oxygen atoms in total. The number of hydrogen-bond donors (Lipinski definition) is 0. The Kier molecular flexibility index (Phi) is 2.05. The highest BCUT2D eigenvalue weighted by molar-refractivity contribution is 6.42. The SMILES string of the molecule is O=C1CCc2c1cc(Cl)c(Cl)c2F. The van der Waals surface area contributed by atoms with Gasteiger partial charge in [-0.1, -0.05) is 23.2 Å². The molecule has 4 heteroatoms. The number of hydrogen-bond acceptors (Lipinski definition) is 1. The first-order valence-electron chi connectivity index (χ1n) is 3.81. The Morgan fingerprint density at radius 2 is 2.00 bits per heavy atom. The van der Waals surface area contributed by atoms with Crippen LogP contribution in [-0.4, -0.2) is 5.78 Å². The molecule has 0 atom stereocenters. The van der Waals surface area contributed by atoms with Crippen LogP contribution in [0.1, 0.15) is 22.3 Å². The van der Waals surface area contributed by atoms with E-state index in [0.29, 0.717) is 24.0 Å². The highest BCUT2D eigenvalue weighted by Crippen LogP contribution is 2.34. The fourth-order valence-corrected chi connectivity index (χ4v) is 1.86. The standard InChI is InChI=1S/C9H5Cl2FO/c10-6-3-5-4(1-2-7(5)13)9(12)8(6)11/h3H,1-2H2. The summed E-state index contributed by atoms with van der Waals surface area (Å²) in [5, 5.41) is 0.0169. The summed E-state index contributed by atoms with van der Waals surface area (Å²) in [6.45, 7) is 0. The predicted octanol–water partition coefficient (Wildman–Crippen LogP) is 3.26. The minimum atomic E-state index is -0.546. The summed E-state index contributed by atoms with van der Waals surface area (Å²) in [4.78, 5) is 11.2. The van der Waals surface area contributed by atoms with Crippen molar-refractivity contribution in [3.8, 4) is 0 Å². The fourth-order valence-electron chi connectivity index (χ4n) is 1.50. The molecule has 1 aliphatic carbocycles. The molecule has 0 N–H and O–H groups in total. The van der Waals surface area contributed by atoms with Crippen LogP contribution in [-0.2, 0) is 6.42 Å². The molecule has 68 valence electrons. The van der Waals surface area contributed by atoms with Gasteiger partial charge in [0.15, 0.2) is 5.78 Å². The van der Waals surface area contributed by atoms with Gasteiger partial charge in [-0.15, -0.1) is 0 Å². The first kappa shape index (κ1) is 8.97. The van der Waals surface area contributed by atoms with E-state index >= 15 is 0 Å². The number of halogens is 3. The molecule has 0 aromatic heterocycles. The number of benzene rings is 1. The number of fused-ring (bicyclic) bond motifs is 1. The van der Waals surface area contributed by atoms with Crippen molar-refractivity contribution in [2.24, 2.45) is 0 Å². The first-order valence-corrected chi connectivity index (χ1v) is 4.56. The monoisotopic (exact) mass is 218 g/mol. The number of carbonyl (C=O) groups excluding carboxylic acids is 1. The Morgan fingerprint density at radius 3 is 2.69 bits per heavy atom. The Bertz CT molecular complexity index is 401. The van der Waals surface area contributed by atoms with Crippen molar-refractivity contribution >= 4 is 29.0 Å². The summed E-state index contributed by atoms with van der Waals surface area (Å²) < 4.78 is 13.4. The molecule has 0 spiro atoms. The molecular weight excluding hydrogens is 214 g/mol. The van der Waals surface area contributed by atoms with Crippen molar-refractivity contribution in [3.05, 3.63) is 33.1 Å². The molecule has 2 rings (SSSR count). The summed E-state index contributed by atoms with van der Waals surface area (Å²) in [7, 11) is 0. The number of ketones is 1. The van der Waals surface area contributed by atoms with Gasteiger partial charge in [0, 0.05) is 17.5 Å². The van der Waals surface area contributed by atoms with Gasteiger partial charge in [0.2, 0.25) is 0 Å². The van der Waals surface area contributed by atoms with Gasteiger partial charge in [-0.05, 0) is 12.5 Å². The average Bonchev–Trinajstić information content (AvgIpc) is 2.45. The smallest absolute Gasteiger partial charge is 0.163 e. The summed E-state index contributed by atoms with van der Waals surface area (Å²) in [6.07, 6.45) is 0.778. The number of rotatable bonds is 0. The quantitative estimate of drug-likeness (QED) is 0.612. The lowest BCUT2D eigenvalue weighted by atomic mass is 10.1. The van der Waals surface area contributed by atoms with Gasteiger partial charge in [-0.3, -0.25) is 4.79 Å². The molecule has 0 amide bonds. The van der Waals surface area contributed by atoms with E-state index in [2.05, 4.69) is 0 Å². The molecule has 0 radical (unpaired) electrons. The van der Waals surface area contributed by atoms with Crippen molar-refractivity contribution in [1.82, 2.24) is 0 Å². The lowest BCUT2D eigenvalue weighted by molar-refractivity contribution is 0.0994. The fraction of sp³-hybridized carbons (Fsp3) is 0.222. The van der Waals surface area contributed by atoms with E-state index in [0.717, 1.165) is 0 Å². The average molecular weight is 219 g/mol. The highest BCUT2D eigenvalue weighted by atomic mass is 35.5. The van der Waals surface area contributed by atoms with Crippen molar-refractivity contribution < 1.29 is 9.18 Å². The highest BCUT2D eigenvalue weighted by Gasteiger charge is 2.25. The van der Waals surface area contributed by atoms with Crippen LogP contribution in [0.5, 0.6) is 0 Å². The first-order chi connectivity index (χ1) is 6.11. The molecule has 0 bridgehead atoms. The normalized spacial score (nSPS) is 14.8. The summed E-state index contributed by atoms with van der Waals surface area (Å²) in [6, 6.07) is 1.44. The summed E-state index contributed by atoms with van der Waals surface area (Å²) in [5.74, 6) is -0.609. The molecule has 0 saturated carbocycles. The zero-order chi connectivity index (χ0) is 9.59. The van der Waals surface area contributed by atoms with E-state index in [-0.39, 0.29) is 15.8 Å². The van der Waals surface area contributed by atoms with Crippen LogP contribution in [0, 0.1) is 5.82 Å². The largest absolute Gasteiger partial charge is 0.294 e. The second kappa shape index (κ2) is 2.96. The topological polar surface area (TPSA) is 17.1 Å². The van der Waals surface area contributed by atoms with Crippen molar-refractivity contribution in [2.75, 3.05) is 0 Å².